The molecule has 1 aliphatic heterocycles. The maximum Gasteiger partial charge on any atom is 0.225 e. The van der Waals surface area contributed by atoms with Crippen LogP contribution in [0.15, 0.2) is 24.3 Å². The highest BCUT2D eigenvalue weighted by molar-refractivity contribution is 6.33. The van der Waals surface area contributed by atoms with Crippen molar-refractivity contribution in [3.8, 4) is 0 Å². The molecule has 1 aromatic carbocycles. The SMILES string of the molecule is O=C(NCC1(O)CCC1)C1CCN(c2ccccc2Cl)C1. The summed E-state index contributed by atoms with van der Waals surface area (Å²) >= 11 is 6.20. The van der Waals surface area contributed by atoms with E-state index in [4.69, 9.17) is 11.6 Å². The molecule has 2 N–H and O–H groups in total. The van der Waals surface area contributed by atoms with Gasteiger partial charge in [-0.05, 0) is 37.8 Å². The molecule has 1 atom stereocenters. The Kier molecular flexibility index (Phi) is 4.09. The average Bonchev–Trinajstić information content (AvgIpc) is 2.93. The van der Waals surface area contributed by atoms with Crippen LogP contribution in [0.5, 0.6) is 0 Å². The summed E-state index contributed by atoms with van der Waals surface area (Å²) in [6.07, 6.45) is 3.47. The van der Waals surface area contributed by atoms with Crippen LogP contribution < -0.4 is 10.2 Å². The minimum absolute atomic E-state index is 0.0232. The summed E-state index contributed by atoms with van der Waals surface area (Å²) in [4.78, 5) is 14.4. The zero-order valence-corrected chi connectivity index (χ0v) is 12.8. The van der Waals surface area contributed by atoms with Gasteiger partial charge >= 0.3 is 0 Å². The zero-order chi connectivity index (χ0) is 14.9. The van der Waals surface area contributed by atoms with Crippen LogP contribution in [0.4, 0.5) is 5.69 Å². The predicted molar refractivity (Wildman–Crippen MR) is 83.6 cm³/mol. The quantitative estimate of drug-likeness (QED) is 0.896. The third kappa shape index (κ3) is 3.16. The number of nitrogens with one attached hydrogen (secondary N) is 1. The minimum atomic E-state index is -0.656. The number of amides is 1. The molecule has 1 heterocycles. The van der Waals surface area contributed by atoms with Gasteiger partial charge in [0.1, 0.15) is 0 Å². The van der Waals surface area contributed by atoms with Crippen LogP contribution in [0.2, 0.25) is 5.02 Å². The topological polar surface area (TPSA) is 52.6 Å². The second kappa shape index (κ2) is 5.85. The number of hydrogen-bond donors (Lipinski definition) is 2. The van der Waals surface area contributed by atoms with Gasteiger partial charge in [-0.1, -0.05) is 23.7 Å². The normalized spacial score (nSPS) is 23.7. The van der Waals surface area contributed by atoms with Crippen molar-refractivity contribution in [1.29, 1.82) is 0 Å². The fourth-order valence-electron chi connectivity index (χ4n) is 3.06. The molecule has 4 nitrogen and oxygen atoms in total. The van der Waals surface area contributed by atoms with E-state index < -0.39 is 5.60 Å². The number of carbonyl (C=O) groups is 1. The summed E-state index contributed by atoms with van der Waals surface area (Å²) < 4.78 is 0. The van der Waals surface area contributed by atoms with Crippen LogP contribution in [0, 0.1) is 5.92 Å². The molecular formula is C16H21ClN2O2. The predicted octanol–water partition coefficient (Wildman–Crippen LogP) is 2.20. The maximum absolute atomic E-state index is 12.2. The largest absolute Gasteiger partial charge is 0.388 e. The Hall–Kier alpha value is -1.26. The van der Waals surface area contributed by atoms with Crippen LogP contribution in [-0.4, -0.2) is 36.2 Å². The van der Waals surface area contributed by atoms with Crippen molar-refractivity contribution < 1.29 is 9.90 Å². The van der Waals surface area contributed by atoms with E-state index in [-0.39, 0.29) is 11.8 Å². The number of aliphatic hydroxyl groups is 1. The highest BCUT2D eigenvalue weighted by Gasteiger charge is 2.36. The molecule has 1 aromatic rings. The third-order valence-corrected chi connectivity index (χ3v) is 4.95. The Morgan fingerprint density at radius 2 is 2.19 bits per heavy atom. The van der Waals surface area contributed by atoms with E-state index >= 15 is 0 Å². The van der Waals surface area contributed by atoms with Gasteiger partial charge in [-0.2, -0.15) is 0 Å². The number of carbonyl (C=O) groups excluding carboxylic acids is 1. The van der Waals surface area contributed by atoms with Gasteiger partial charge in [0.2, 0.25) is 5.91 Å². The number of rotatable bonds is 4. The Morgan fingerprint density at radius 3 is 2.86 bits per heavy atom. The first-order valence-electron chi connectivity index (χ1n) is 7.57. The molecule has 5 heteroatoms. The maximum atomic E-state index is 12.2. The first-order chi connectivity index (χ1) is 10.1. The number of anilines is 1. The second-order valence-electron chi connectivity index (χ2n) is 6.18. The lowest BCUT2D eigenvalue weighted by atomic mass is 9.80. The van der Waals surface area contributed by atoms with E-state index in [0.717, 1.165) is 42.9 Å². The number of hydrogen-bond acceptors (Lipinski definition) is 3. The summed E-state index contributed by atoms with van der Waals surface area (Å²) in [6, 6.07) is 7.72. The number of nitrogens with zero attached hydrogens (tertiary/aromatic N) is 1. The lowest BCUT2D eigenvalue weighted by Crippen LogP contribution is -2.49. The van der Waals surface area contributed by atoms with Crippen molar-refractivity contribution in [2.75, 3.05) is 24.5 Å². The smallest absolute Gasteiger partial charge is 0.225 e. The standard InChI is InChI=1S/C16H21ClN2O2/c17-13-4-1-2-5-14(13)19-9-6-12(10-19)15(20)18-11-16(21)7-3-8-16/h1-2,4-5,12,21H,3,6-11H2,(H,18,20). The molecule has 1 saturated heterocycles. The van der Waals surface area contributed by atoms with Crippen molar-refractivity contribution in [2.45, 2.75) is 31.3 Å². The fraction of sp³-hybridized carbons (Fsp3) is 0.562. The van der Waals surface area contributed by atoms with E-state index in [1.807, 2.05) is 24.3 Å². The monoisotopic (exact) mass is 308 g/mol. The summed E-state index contributed by atoms with van der Waals surface area (Å²) in [6.45, 7) is 1.91. The molecule has 0 spiro atoms. The highest BCUT2D eigenvalue weighted by atomic mass is 35.5. The lowest BCUT2D eigenvalue weighted by molar-refractivity contribution is -0.126. The molecule has 1 aliphatic carbocycles. The molecule has 1 saturated carbocycles. The average molecular weight is 309 g/mol. The Morgan fingerprint density at radius 1 is 1.43 bits per heavy atom. The fourth-order valence-corrected chi connectivity index (χ4v) is 3.31. The Bertz CT molecular complexity index is 531. The first kappa shape index (κ1) is 14.7. The molecule has 21 heavy (non-hydrogen) atoms. The van der Waals surface area contributed by atoms with Crippen molar-refractivity contribution in [3.05, 3.63) is 29.3 Å². The zero-order valence-electron chi connectivity index (χ0n) is 12.0. The Balaban J connectivity index is 1.54. The first-order valence-corrected chi connectivity index (χ1v) is 7.95. The molecule has 2 fully saturated rings. The van der Waals surface area contributed by atoms with Crippen LogP contribution in [0.1, 0.15) is 25.7 Å². The van der Waals surface area contributed by atoms with E-state index in [9.17, 15) is 9.90 Å². The summed E-state index contributed by atoms with van der Waals surface area (Å²) in [5.74, 6) is 0.0230. The van der Waals surface area contributed by atoms with Crippen molar-refractivity contribution in [3.63, 3.8) is 0 Å². The molecule has 1 amide bonds. The van der Waals surface area contributed by atoms with Gasteiger partial charge in [0, 0.05) is 19.6 Å². The van der Waals surface area contributed by atoms with E-state index in [1.54, 1.807) is 0 Å². The summed E-state index contributed by atoms with van der Waals surface area (Å²) in [5, 5.41) is 13.7. The van der Waals surface area contributed by atoms with Gasteiger partial charge in [-0.15, -0.1) is 0 Å². The Labute approximate surface area is 130 Å². The van der Waals surface area contributed by atoms with Gasteiger partial charge in [-0.25, -0.2) is 0 Å². The third-order valence-electron chi connectivity index (χ3n) is 4.63. The molecule has 3 rings (SSSR count). The minimum Gasteiger partial charge on any atom is -0.388 e. The van der Waals surface area contributed by atoms with E-state index in [1.165, 1.54) is 0 Å². The molecule has 0 bridgehead atoms. The van der Waals surface area contributed by atoms with E-state index in [2.05, 4.69) is 10.2 Å². The van der Waals surface area contributed by atoms with Crippen LogP contribution in [-0.2, 0) is 4.79 Å². The van der Waals surface area contributed by atoms with Crippen molar-refractivity contribution >= 4 is 23.2 Å². The molecule has 2 aliphatic rings. The highest BCUT2D eigenvalue weighted by Crippen LogP contribution is 2.32. The molecular weight excluding hydrogens is 288 g/mol. The molecule has 0 radical (unpaired) electrons. The van der Waals surface area contributed by atoms with Gasteiger partial charge < -0.3 is 15.3 Å². The number of halogens is 1. The second-order valence-corrected chi connectivity index (χ2v) is 6.59. The summed E-state index contributed by atoms with van der Waals surface area (Å²) in [7, 11) is 0. The van der Waals surface area contributed by atoms with Crippen LogP contribution in [0.3, 0.4) is 0 Å². The van der Waals surface area contributed by atoms with Crippen molar-refractivity contribution in [1.82, 2.24) is 5.32 Å². The number of para-hydroxylation sites is 1. The van der Waals surface area contributed by atoms with E-state index in [0.29, 0.717) is 13.1 Å². The van der Waals surface area contributed by atoms with Gasteiger partial charge in [0.15, 0.2) is 0 Å². The van der Waals surface area contributed by atoms with Gasteiger partial charge in [0.25, 0.3) is 0 Å². The van der Waals surface area contributed by atoms with Gasteiger partial charge in [0.05, 0.1) is 22.2 Å². The summed E-state index contributed by atoms with van der Waals surface area (Å²) in [5.41, 5.74) is 0.337. The van der Waals surface area contributed by atoms with Crippen LogP contribution >= 0.6 is 11.6 Å². The molecule has 1 unspecified atom stereocenters. The van der Waals surface area contributed by atoms with Gasteiger partial charge in [-0.3, -0.25) is 4.79 Å². The number of benzene rings is 1. The van der Waals surface area contributed by atoms with Crippen molar-refractivity contribution in [2.24, 2.45) is 5.92 Å². The molecule has 0 aromatic heterocycles. The lowest BCUT2D eigenvalue weighted by Gasteiger charge is -2.36. The molecule has 114 valence electrons. The van der Waals surface area contributed by atoms with Crippen LogP contribution in [0.25, 0.3) is 0 Å².